The molecule has 2 aromatic heterocycles. The van der Waals surface area contributed by atoms with Crippen LogP contribution in [-0.2, 0) is 14.3 Å². The molecule has 0 saturated carbocycles. The van der Waals surface area contributed by atoms with Gasteiger partial charge >= 0.3 is 5.97 Å². The molecule has 3 N–H and O–H groups in total. The molecule has 1 aliphatic rings. The van der Waals surface area contributed by atoms with Gasteiger partial charge in [0.2, 0.25) is 0 Å². The van der Waals surface area contributed by atoms with Crippen molar-refractivity contribution < 1.29 is 19.4 Å². The zero-order valence-corrected chi connectivity index (χ0v) is 11.3. The Morgan fingerprint density at radius 3 is 3.14 bits per heavy atom. The molecular weight excluding hydrogens is 278 g/mol. The number of ether oxygens (including phenoxy) is 2. The van der Waals surface area contributed by atoms with Crippen LogP contribution in [0.1, 0.15) is 19.6 Å². The summed E-state index contributed by atoms with van der Waals surface area (Å²) in [4.78, 5) is 23.0. The lowest BCUT2D eigenvalue weighted by Crippen LogP contribution is -2.27. The standard InChI is InChI=1S/C12H15N5O4/c1-6(18)20-3-8-7(19)2-9(21-8)17-5-16-10-11(13)14-4-15-12(10)17/h4-5,7-9,19H,2-3H2,1H3,(H2,13,14,15)/t7?,8-,9-/m1/s1. The smallest absolute Gasteiger partial charge is 0.302 e. The predicted molar refractivity (Wildman–Crippen MR) is 70.9 cm³/mol. The summed E-state index contributed by atoms with van der Waals surface area (Å²) in [5.41, 5.74) is 6.75. The number of aliphatic hydroxyl groups excluding tert-OH is 1. The maximum absolute atomic E-state index is 10.8. The van der Waals surface area contributed by atoms with Gasteiger partial charge in [0.1, 0.15) is 30.8 Å². The number of esters is 1. The second-order valence-electron chi connectivity index (χ2n) is 4.82. The van der Waals surface area contributed by atoms with Crippen molar-refractivity contribution in [2.24, 2.45) is 0 Å². The number of aromatic nitrogens is 4. The third kappa shape index (κ3) is 2.52. The normalized spacial score (nSPS) is 25.3. The Morgan fingerprint density at radius 2 is 2.38 bits per heavy atom. The molecular formula is C12H15N5O4. The fraction of sp³-hybridized carbons (Fsp3) is 0.500. The molecule has 1 unspecified atom stereocenters. The van der Waals surface area contributed by atoms with Crippen molar-refractivity contribution in [1.82, 2.24) is 19.5 Å². The van der Waals surface area contributed by atoms with Gasteiger partial charge in [-0.25, -0.2) is 15.0 Å². The lowest BCUT2D eigenvalue weighted by molar-refractivity contribution is -0.147. The third-order valence-corrected chi connectivity index (χ3v) is 3.35. The van der Waals surface area contributed by atoms with Gasteiger partial charge in [0.25, 0.3) is 0 Å². The first-order valence-corrected chi connectivity index (χ1v) is 6.46. The molecule has 0 radical (unpaired) electrons. The van der Waals surface area contributed by atoms with Gasteiger partial charge in [-0.05, 0) is 0 Å². The van der Waals surface area contributed by atoms with E-state index >= 15 is 0 Å². The highest BCUT2D eigenvalue weighted by molar-refractivity contribution is 5.81. The highest BCUT2D eigenvalue weighted by Crippen LogP contribution is 2.31. The minimum absolute atomic E-state index is 0.0107. The molecule has 21 heavy (non-hydrogen) atoms. The molecule has 0 bridgehead atoms. The van der Waals surface area contributed by atoms with Gasteiger partial charge in [-0.1, -0.05) is 0 Å². The number of fused-ring (bicyclic) bond motifs is 1. The van der Waals surface area contributed by atoms with E-state index in [1.807, 2.05) is 0 Å². The molecule has 0 amide bonds. The van der Waals surface area contributed by atoms with Gasteiger partial charge in [0.15, 0.2) is 11.5 Å². The molecule has 0 spiro atoms. The van der Waals surface area contributed by atoms with Crippen LogP contribution in [0.5, 0.6) is 0 Å². The zero-order chi connectivity index (χ0) is 15.0. The van der Waals surface area contributed by atoms with E-state index < -0.39 is 24.4 Å². The van der Waals surface area contributed by atoms with Crippen molar-refractivity contribution in [2.75, 3.05) is 12.3 Å². The summed E-state index contributed by atoms with van der Waals surface area (Å²) in [5.74, 6) is -0.128. The van der Waals surface area contributed by atoms with Gasteiger partial charge in [-0.3, -0.25) is 9.36 Å². The number of carbonyl (C=O) groups excluding carboxylic acids is 1. The van der Waals surface area contributed by atoms with Crippen LogP contribution in [0.4, 0.5) is 5.82 Å². The number of nitrogen functional groups attached to an aromatic ring is 1. The number of imidazole rings is 1. The summed E-state index contributed by atoms with van der Waals surface area (Å²) in [7, 11) is 0. The van der Waals surface area contributed by atoms with Crippen LogP contribution in [0.2, 0.25) is 0 Å². The number of carbonyl (C=O) groups is 1. The second-order valence-corrected chi connectivity index (χ2v) is 4.82. The van der Waals surface area contributed by atoms with Crippen molar-refractivity contribution in [3.63, 3.8) is 0 Å². The predicted octanol–water partition coefficient (Wildman–Crippen LogP) is -0.380. The molecule has 3 heterocycles. The van der Waals surface area contributed by atoms with Crippen LogP contribution >= 0.6 is 0 Å². The first-order valence-electron chi connectivity index (χ1n) is 6.46. The Kier molecular flexibility index (Phi) is 3.43. The van der Waals surface area contributed by atoms with Crippen LogP contribution < -0.4 is 5.73 Å². The van der Waals surface area contributed by atoms with Gasteiger partial charge in [0, 0.05) is 13.3 Å². The van der Waals surface area contributed by atoms with E-state index in [0.717, 1.165) is 0 Å². The lowest BCUT2D eigenvalue weighted by atomic mass is 10.2. The van der Waals surface area contributed by atoms with Gasteiger partial charge in [-0.2, -0.15) is 0 Å². The van der Waals surface area contributed by atoms with Gasteiger partial charge in [0.05, 0.1) is 12.4 Å². The third-order valence-electron chi connectivity index (χ3n) is 3.35. The molecule has 9 nitrogen and oxygen atoms in total. The minimum atomic E-state index is -0.731. The monoisotopic (exact) mass is 293 g/mol. The van der Waals surface area contributed by atoms with E-state index in [-0.39, 0.29) is 12.4 Å². The molecule has 9 heteroatoms. The van der Waals surface area contributed by atoms with Crippen molar-refractivity contribution in [3.8, 4) is 0 Å². The Hall–Kier alpha value is -2.26. The molecule has 0 aromatic carbocycles. The average molecular weight is 293 g/mol. The van der Waals surface area contributed by atoms with Crippen molar-refractivity contribution in [1.29, 1.82) is 0 Å². The highest BCUT2D eigenvalue weighted by atomic mass is 16.6. The minimum Gasteiger partial charge on any atom is -0.463 e. The second kappa shape index (κ2) is 5.26. The summed E-state index contributed by atoms with van der Waals surface area (Å²) < 4.78 is 12.3. The van der Waals surface area contributed by atoms with Crippen LogP contribution in [0, 0.1) is 0 Å². The van der Waals surface area contributed by atoms with E-state index in [1.54, 1.807) is 10.9 Å². The largest absolute Gasteiger partial charge is 0.463 e. The highest BCUT2D eigenvalue weighted by Gasteiger charge is 2.36. The number of hydrogen-bond donors (Lipinski definition) is 2. The molecule has 3 rings (SSSR count). The molecule has 0 aliphatic carbocycles. The summed E-state index contributed by atoms with van der Waals surface area (Å²) in [5, 5.41) is 9.99. The number of hydrogen-bond acceptors (Lipinski definition) is 8. The van der Waals surface area contributed by atoms with Gasteiger partial charge < -0.3 is 20.3 Å². The summed E-state index contributed by atoms with van der Waals surface area (Å²) in [6.07, 6.45) is 1.49. The Balaban J connectivity index is 1.81. The molecule has 1 aliphatic heterocycles. The van der Waals surface area contributed by atoms with E-state index in [2.05, 4.69) is 15.0 Å². The molecule has 1 saturated heterocycles. The number of nitrogens with zero attached hydrogens (tertiary/aromatic N) is 4. The van der Waals surface area contributed by atoms with E-state index in [9.17, 15) is 9.90 Å². The number of aliphatic hydroxyl groups is 1. The number of anilines is 1. The Morgan fingerprint density at radius 1 is 1.57 bits per heavy atom. The van der Waals surface area contributed by atoms with Crippen LogP contribution in [0.25, 0.3) is 11.2 Å². The molecule has 112 valence electrons. The number of rotatable bonds is 3. The average Bonchev–Trinajstić information content (AvgIpc) is 3.01. The van der Waals surface area contributed by atoms with E-state index in [1.165, 1.54) is 13.3 Å². The summed E-state index contributed by atoms with van der Waals surface area (Å²) in [6.45, 7) is 1.32. The molecule has 1 fully saturated rings. The summed E-state index contributed by atoms with van der Waals surface area (Å²) in [6, 6.07) is 0. The van der Waals surface area contributed by atoms with Crippen molar-refractivity contribution in [2.45, 2.75) is 31.8 Å². The molecule has 3 atom stereocenters. The van der Waals surface area contributed by atoms with Crippen LogP contribution in [-0.4, -0.2) is 49.4 Å². The van der Waals surface area contributed by atoms with Crippen molar-refractivity contribution >= 4 is 23.0 Å². The number of nitrogens with two attached hydrogens (primary N) is 1. The van der Waals surface area contributed by atoms with E-state index in [0.29, 0.717) is 17.6 Å². The zero-order valence-electron chi connectivity index (χ0n) is 11.3. The van der Waals surface area contributed by atoms with Gasteiger partial charge in [-0.15, -0.1) is 0 Å². The maximum Gasteiger partial charge on any atom is 0.302 e. The SMILES string of the molecule is CC(=O)OC[C@H]1O[C@@H](n2cnc3c(N)ncnc32)CC1O. The lowest BCUT2D eigenvalue weighted by Gasteiger charge is -2.15. The van der Waals surface area contributed by atoms with E-state index in [4.69, 9.17) is 15.2 Å². The fourth-order valence-electron chi connectivity index (χ4n) is 2.32. The van der Waals surface area contributed by atoms with Crippen LogP contribution in [0.3, 0.4) is 0 Å². The van der Waals surface area contributed by atoms with Crippen molar-refractivity contribution in [3.05, 3.63) is 12.7 Å². The summed E-state index contributed by atoms with van der Waals surface area (Å²) >= 11 is 0. The maximum atomic E-state index is 10.8. The topological polar surface area (TPSA) is 125 Å². The first-order chi connectivity index (χ1) is 10.1. The Labute approximate surface area is 119 Å². The molecule has 2 aromatic rings. The quantitative estimate of drug-likeness (QED) is 0.733. The Bertz CT molecular complexity index is 673. The fourth-order valence-corrected chi connectivity index (χ4v) is 2.32. The first kappa shape index (κ1) is 13.7. The van der Waals surface area contributed by atoms with Crippen LogP contribution in [0.15, 0.2) is 12.7 Å².